The molecule has 3 aromatic heterocycles. The summed E-state index contributed by atoms with van der Waals surface area (Å²) in [5.41, 5.74) is 8.13. The second-order valence-corrected chi connectivity index (χ2v) is 9.83. The SMILES string of the molecule is c1ccc(-c2ccc(-c3nc(-c4cc5ccccc5o4)cc(-c4cccc5c4oc4ccccc45)n3)cc2)cc1. The van der Waals surface area contributed by atoms with Crippen LogP contribution in [-0.4, -0.2) is 9.97 Å². The number of para-hydroxylation sites is 3. The van der Waals surface area contributed by atoms with Gasteiger partial charge in [0.25, 0.3) is 0 Å². The number of rotatable bonds is 4. The Bertz CT molecular complexity index is 2120. The fraction of sp³-hybridized carbons (Fsp3) is 0. The van der Waals surface area contributed by atoms with Crippen molar-refractivity contribution in [1.82, 2.24) is 9.97 Å². The van der Waals surface area contributed by atoms with Gasteiger partial charge in [0.15, 0.2) is 11.6 Å². The zero-order valence-electron chi connectivity index (χ0n) is 21.4. The molecular weight excluding hydrogens is 492 g/mol. The first-order chi connectivity index (χ1) is 19.8. The first-order valence-electron chi connectivity index (χ1n) is 13.2. The van der Waals surface area contributed by atoms with Crippen molar-refractivity contribution >= 4 is 32.9 Å². The van der Waals surface area contributed by atoms with E-state index in [1.165, 1.54) is 5.56 Å². The minimum Gasteiger partial charge on any atom is -0.455 e. The van der Waals surface area contributed by atoms with E-state index in [9.17, 15) is 0 Å². The lowest BCUT2D eigenvalue weighted by molar-refractivity contribution is 0.628. The van der Waals surface area contributed by atoms with Crippen LogP contribution in [0.2, 0.25) is 0 Å². The number of hydrogen-bond acceptors (Lipinski definition) is 4. The van der Waals surface area contributed by atoms with Crippen molar-refractivity contribution in [2.45, 2.75) is 0 Å². The summed E-state index contributed by atoms with van der Waals surface area (Å²) in [6.07, 6.45) is 0. The van der Waals surface area contributed by atoms with E-state index in [0.29, 0.717) is 11.6 Å². The quantitative estimate of drug-likeness (QED) is 0.234. The van der Waals surface area contributed by atoms with Crippen LogP contribution in [0.4, 0.5) is 0 Å². The Morgan fingerprint density at radius 3 is 1.98 bits per heavy atom. The van der Waals surface area contributed by atoms with Gasteiger partial charge in [-0.1, -0.05) is 103 Å². The van der Waals surface area contributed by atoms with E-state index in [4.69, 9.17) is 18.8 Å². The maximum atomic E-state index is 6.36. The summed E-state index contributed by atoms with van der Waals surface area (Å²) in [6, 6.07) is 45.1. The third-order valence-electron chi connectivity index (χ3n) is 7.33. The molecule has 0 N–H and O–H groups in total. The van der Waals surface area contributed by atoms with E-state index in [2.05, 4.69) is 60.7 Å². The predicted octanol–water partition coefficient (Wildman–Crippen LogP) is 9.79. The summed E-state index contributed by atoms with van der Waals surface area (Å²) in [4.78, 5) is 10.0. The molecule has 4 nitrogen and oxygen atoms in total. The molecule has 0 fully saturated rings. The monoisotopic (exact) mass is 514 g/mol. The molecule has 0 aliphatic rings. The van der Waals surface area contributed by atoms with Crippen LogP contribution in [0.25, 0.3) is 78.1 Å². The molecule has 5 aromatic carbocycles. The Hall–Kier alpha value is -5.48. The molecule has 0 radical (unpaired) electrons. The summed E-state index contributed by atoms with van der Waals surface area (Å²) >= 11 is 0. The summed E-state index contributed by atoms with van der Waals surface area (Å²) in [5.74, 6) is 1.32. The van der Waals surface area contributed by atoms with E-state index in [1.54, 1.807) is 0 Å². The molecule has 188 valence electrons. The van der Waals surface area contributed by atoms with Crippen molar-refractivity contribution in [3.63, 3.8) is 0 Å². The molecule has 3 heterocycles. The van der Waals surface area contributed by atoms with Crippen LogP contribution in [0.3, 0.4) is 0 Å². The molecule has 4 heteroatoms. The van der Waals surface area contributed by atoms with E-state index in [0.717, 1.165) is 61.0 Å². The third-order valence-corrected chi connectivity index (χ3v) is 7.33. The van der Waals surface area contributed by atoms with Crippen molar-refractivity contribution in [3.8, 4) is 45.2 Å². The van der Waals surface area contributed by atoms with E-state index in [1.807, 2.05) is 72.8 Å². The number of furan rings is 2. The van der Waals surface area contributed by atoms with Gasteiger partial charge >= 0.3 is 0 Å². The Morgan fingerprint density at radius 1 is 0.450 bits per heavy atom. The summed E-state index contributed by atoms with van der Waals surface area (Å²) in [5, 5.41) is 3.18. The van der Waals surface area contributed by atoms with Crippen molar-refractivity contribution in [2.75, 3.05) is 0 Å². The zero-order chi connectivity index (χ0) is 26.5. The Balaban J connectivity index is 1.33. The highest BCUT2D eigenvalue weighted by atomic mass is 16.3. The summed E-state index contributed by atoms with van der Waals surface area (Å²) in [6.45, 7) is 0. The molecular formula is C36H22N2O2. The van der Waals surface area contributed by atoms with Crippen LogP contribution in [-0.2, 0) is 0 Å². The molecule has 0 bridgehead atoms. The van der Waals surface area contributed by atoms with Gasteiger partial charge in [-0.2, -0.15) is 0 Å². The Labute approximate surface area is 230 Å². The van der Waals surface area contributed by atoms with Crippen LogP contribution < -0.4 is 0 Å². The highest BCUT2D eigenvalue weighted by Gasteiger charge is 2.18. The van der Waals surface area contributed by atoms with Crippen molar-refractivity contribution in [2.24, 2.45) is 0 Å². The lowest BCUT2D eigenvalue weighted by Gasteiger charge is -2.09. The predicted molar refractivity (Wildman–Crippen MR) is 161 cm³/mol. The van der Waals surface area contributed by atoms with Gasteiger partial charge in [0.1, 0.15) is 22.4 Å². The van der Waals surface area contributed by atoms with Crippen LogP contribution in [0.15, 0.2) is 142 Å². The van der Waals surface area contributed by atoms with Gasteiger partial charge in [0, 0.05) is 27.3 Å². The molecule has 0 spiro atoms. The Kier molecular flexibility index (Phi) is 5.10. The highest BCUT2D eigenvalue weighted by molar-refractivity contribution is 6.09. The van der Waals surface area contributed by atoms with Crippen LogP contribution in [0.1, 0.15) is 0 Å². The van der Waals surface area contributed by atoms with Crippen molar-refractivity contribution in [3.05, 3.63) is 133 Å². The molecule has 8 rings (SSSR count). The summed E-state index contributed by atoms with van der Waals surface area (Å²) < 4.78 is 12.6. The first kappa shape index (κ1) is 22.5. The highest BCUT2D eigenvalue weighted by Crippen LogP contribution is 2.37. The standard InChI is InChI=1S/C36H22N2O2/c1-2-9-23(10-3-1)24-17-19-25(20-18-24)36-37-30(22-31(38-36)34-21-26-11-4-6-15-32(26)39-34)29-14-8-13-28-27-12-5-7-16-33(27)40-35(28)29/h1-22H. The number of nitrogens with zero attached hydrogens (tertiary/aromatic N) is 2. The largest absolute Gasteiger partial charge is 0.455 e. The topological polar surface area (TPSA) is 52.1 Å². The van der Waals surface area contributed by atoms with E-state index >= 15 is 0 Å². The fourth-order valence-corrected chi connectivity index (χ4v) is 5.34. The second-order valence-electron chi connectivity index (χ2n) is 9.83. The van der Waals surface area contributed by atoms with Gasteiger partial charge in [0.2, 0.25) is 0 Å². The first-order valence-corrected chi connectivity index (χ1v) is 13.2. The van der Waals surface area contributed by atoms with Crippen LogP contribution in [0, 0.1) is 0 Å². The van der Waals surface area contributed by atoms with Crippen molar-refractivity contribution in [1.29, 1.82) is 0 Å². The van der Waals surface area contributed by atoms with Gasteiger partial charge in [0.05, 0.1) is 5.69 Å². The van der Waals surface area contributed by atoms with Gasteiger partial charge in [-0.25, -0.2) is 9.97 Å². The minimum absolute atomic E-state index is 0.626. The lowest BCUT2D eigenvalue weighted by Crippen LogP contribution is -1.95. The molecule has 0 atom stereocenters. The molecule has 0 aliphatic heterocycles. The fourth-order valence-electron chi connectivity index (χ4n) is 5.34. The summed E-state index contributed by atoms with van der Waals surface area (Å²) in [7, 11) is 0. The maximum Gasteiger partial charge on any atom is 0.160 e. The molecule has 8 aromatic rings. The molecule has 0 saturated heterocycles. The maximum absolute atomic E-state index is 6.36. The van der Waals surface area contributed by atoms with Gasteiger partial charge in [-0.15, -0.1) is 0 Å². The smallest absolute Gasteiger partial charge is 0.160 e. The molecule has 0 unspecified atom stereocenters. The number of aromatic nitrogens is 2. The third kappa shape index (κ3) is 3.77. The molecule has 0 saturated carbocycles. The minimum atomic E-state index is 0.626. The number of fused-ring (bicyclic) bond motifs is 4. The lowest BCUT2D eigenvalue weighted by atomic mass is 10.0. The molecule has 40 heavy (non-hydrogen) atoms. The normalized spacial score (nSPS) is 11.5. The van der Waals surface area contributed by atoms with Gasteiger partial charge < -0.3 is 8.83 Å². The van der Waals surface area contributed by atoms with Gasteiger partial charge in [-0.3, -0.25) is 0 Å². The number of hydrogen-bond donors (Lipinski definition) is 0. The van der Waals surface area contributed by atoms with Crippen LogP contribution in [0.5, 0.6) is 0 Å². The van der Waals surface area contributed by atoms with Gasteiger partial charge in [-0.05, 0) is 41.5 Å². The molecule has 0 amide bonds. The van der Waals surface area contributed by atoms with E-state index in [-0.39, 0.29) is 0 Å². The number of benzene rings is 5. The zero-order valence-corrected chi connectivity index (χ0v) is 21.4. The van der Waals surface area contributed by atoms with Crippen LogP contribution >= 0.6 is 0 Å². The molecule has 0 aliphatic carbocycles. The van der Waals surface area contributed by atoms with E-state index < -0.39 is 0 Å². The average Bonchev–Trinajstić information content (AvgIpc) is 3.63. The second kappa shape index (κ2) is 9.07. The average molecular weight is 515 g/mol. The van der Waals surface area contributed by atoms with Crippen molar-refractivity contribution < 1.29 is 8.83 Å². The Morgan fingerprint density at radius 2 is 1.12 bits per heavy atom.